The number of carbonyl (C=O) groups is 2. The van der Waals surface area contributed by atoms with Gasteiger partial charge in [0.25, 0.3) is 0 Å². The molecule has 1 unspecified atom stereocenters. The number of thioether (sulfide) groups is 2. The summed E-state index contributed by atoms with van der Waals surface area (Å²) in [6.45, 7) is 4.32. The Morgan fingerprint density at radius 3 is 1.54 bits per heavy atom. The molecule has 0 aliphatic carbocycles. The molecular formula is C40H77NO8PS2+. The highest BCUT2D eigenvalue weighted by Crippen LogP contribution is 2.43. The van der Waals surface area contributed by atoms with Crippen LogP contribution >= 0.6 is 31.3 Å². The summed E-state index contributed by atoms with van der Waals surface area (Å²) in [5.41, 5.74) is 0. The number of esters is 2. The topological polar surface area (TPSA) is 108 Å². The van der Waals surface area contributed by atoms with Crippen molar-refractivity contribution in [2.75, 3.05) is 70.5 Å². The normalized spacial score (nSPS) is 13.9. The standard InChI is InChI=1S/C40H76NO8PS2/c1-6-8-10-12-14-16-18-20-22-24-26-28-32-51-36-39(42)46-34-38(35-48-50(44,45)47-31-30-41(3,4)5)49-40(43)37-52-33-29-27-25-23-21-19-17-15-13-11-9-7-2/h16-19,38H,6-15,20-37H2,1-5H3/p+1/b18-16-,19-17-/t38-/m1/s1. The zero-order valence-electron chi connectivity index (χ0n) is 33.7. The Morgan fingerprint density at radius 2 is 1.08 bits per heavy atom. The number of quaternary nitrogens is 1. The number of phosphoric ester groups is 1. The van der Waals surface area contributed by atoms with Gasteiger partial charge in [-0.25, -0.2) is 4.57 Å². The van der Waals surface area contributed by atoms with Crippen molar-refractivity contribution in [3.05, 3.63) is 24.3 Å². The van der Waals surface area contributed by atoms with Crippen molar-refractivity contribution in [2.24, 2.45) is 0 Å². The summed E-state index contributed by atoms with van der Waals surface area (Å²) in [5.74, 6) is 1.16. The van der Waals surface area contributed by atoms with E-state index in [0.717, 1.165) is 50.0 Å². The zero-order chi connectivity index (χ0) is 38.6. The highest BCUT2D eigenvalue weighted by molar-refractivity contribution is 8.00. The van der Waals surface area contributed by atoms with Crippen molar-refractivity contribution >= 4 is 43.3 Å². The van der Waals surface area contributed by atoms with Crippen LogP contribution in [0.1, 0.15) is 142 Å². The lowest BCUT2D eigenvalue weighted by atomic mass is 10.1. The van der Waals surface area contributed by atoms with Crippen molar-refractivity contribution in [3.63, 3.8) is 0 Å². The van der Waals surface area contributed by atoms with E-state index in [2.05, 4.69) is 38.2 Å². The first kappa shape index (κ1) is 51.2. The van der Waals surface area contributed by atoms with Gasteiger partial charge in [0, 0.05) is 0 Å². The van der Waals surface area contributed by atoms with Gasteiger partial charge in [-0.1, -0.05) is 102 Å². The van der Waals surface area contributed by atoms with Gasteiger partial charge < -0.3 is 18.9 Å². The van der Waals surface area contributed by atoms with E-state index in [1.54, 1.807) is 0 Å². The van der Waals surface area contributed by atoms with E-state index in [4.69, 9.17) is 18.5 Å². The summed E-state index contributed by atoms with van der Waals surface area (Å²) in [7, 11) is 1.45. The number of nitrogens with zero attached hydrogens (tertiary/aromatic N) is 1. The molecule has 0 bridgehead atoms. The fourth-order valence-electron chi connectivity index (χ4n) is 5.01. The average Bonchev–Trinajstić information content (AvgIpc) is 3.09. The van der Waals surface area contributed by atoms with E-state index in [0.29, 0.717) is 11.0 Å². The van der Waals surface area contributed by atoms with Crippen LogP contribution in [0.3, 0.4) is 0 Å². The molecule has 2 atom stereocenters. The SMILES string of the molecule is CCCCCC/C=C\CCCCCCSCC(=O)OC[C@H](COP(=O)(O)OCC[N+](C)(C)C)OC(=O)CSCCCCCC/C=C\CCCCCC. The second kappa shape index (κ2) is 35.9. The molecule has 0 radical (unpaired) electrons. The van der Waals surface area contributed by atoms with Crippen LogP contribution in [0.2, 0.25) is 0 Å². The summed E-state index contributed by atoms with van der Waals surface area (Å²) in [6.07, 6.45) is 32.3. The van der Waals surface area contributed by atoms with Gasteiger partial charge in [0.2, 0.25) is 0 Å². The Balaban J connectivity index is 4.40. The van der Waals surface area contributed by atoms with E-state index < -0.39 is 32.5 Å². The molecule has 12 heteroatoms. The first-order valence-corrected chi connectivity index (χ1v) is 24.0. The lowest BCUT2D eigenvalue weighted by Crippen LogP contribution is -2.37. The monoisotopic (exact) mass is 794 g/mol. The number of hydrogen-bond acceptors (Lipinski definition) is 9. The van der Waals surface area contributed by atoms with Crippen LogP contribution in [-0.2, 0) is 32.7 Å². The molecule has 0 spiro atoms. The number of ether oxygens (including phenoxy) is 2. The molecule has 0 fully saturated rings. The second-order valence-corrected chi connectivity index (χ2v) is 18.2. The van der Waals surface area contributed by atoms with Gasteiger partial charge in [0.05, 0.1) is 39.3 Å². The molecule has 0 heterocycles. The maximum absolute atomic E-state index is 12.6. The van der Waals surface area contributed by atoms with E-state index in [1.165, 1.54) is 113 Å². The van der Waals surface area contributed by atoms with Crippen molar-refractivity contribution in [1.82, 2.24) is 0 Å². The van der Waals surface area contributed by atoms with Crippen molar-refractivity contribution in [2.45, 2.75) is 148 Å². The Morgan fingerprint density at radius 1 is 0.635 bits per heavy atom. The second-order valence-electron chi connectivity index (χ2n) is 14.6. The summed E-state index contributed by atoms with van der Waals surface area (Å²) in [6, 6.07) is 0. The molecule has 0 saturated carbocycles. The molecule has 1 N–H and O–H groups in total. The summed E-state index contributed by atoms with van der Waals surface area (Å²) >= 11 is 3.02. The van der Waals surface area contributed by atoms with Gasteiger partial charge in [-0.3, -0.25) is 18.6 Å². The van der Waals surface area contributed by atoms with Gasteiger partial charge in [0.15, 0.2) is 6.10 Å². The minimum absolute atomic E-state index is 0.0245. The molecule has 0 saturated heterocycles. The molecule has 0 aromatic heterocycles. The molecule has 0 amide bonds. The predicted molar refractivity (Wildman–Crippen MR) is 222 cm³/mol. The number of rotatable bonds is 38. The van der Waals surface area contributed by atoms with E-state index in [1.807, 2.05) is 21.1 Å². The first-order chi connectivity index (χ1) is 25.0. The van der Waals surface area contributed by atoms with E-state index >= 15 is 0 Å². The Bertz CT molecular complexity index is 960. The Hall–Kier alpha value is -0.810. The Labute approximate surface area is 327 Å². The molecule has 0 aliphatic heterocycles. The van der Waals surface area contributed by atoms with Crippen molar-refractivity contribution in [3.8, 4) is 0 Å². The van der Waals surface area contributed by atoms with Gasteiger partial charge in [-0.15, -0.1) is 0 Å². The first-order valence-electron chi connectivity index (χ1n) is 20.2. The maximum Gasteiger partial charge on any atom is 0.472 e. The number of carbonyl (C=O) groups excluding carboxylic acids is 2. The molecule has 52 heavy (non-hydrogen) atoms. The van der Waals surface area contributed by atoms with E-state index in [9.17, 15) is 19.0 Å². The highest BCUT2D eigenvalue weighted by atomic mass is 32.2. The minimum atomic E-state index is -4.38. The zero-order valence-corrected chi connectivity index (χ0v) is 36.2. The summed E-state index contributed by atoms with van der Waals surface area (Å²) in [5, 5.41) is 0. The average molecular weight is 795 g/mol. The number of unbranched alkanes of at least 4 members (excludes halogenated alkanes) is 16. The smallest absolute Gasteiger partial charge is 0.461 e. The molecular weight excluding hydrogens is 718 g/mol. The van der Waals surface area contributed by atoms with E-state index in [-0.39, 0.29) is 24.7 Å². The van der Waals surface area contributed by atoms with Gasteiger partial charge in [-0.05, 0) is 75.7 Å². The summed E-state index contributed by atoms with van der Waals surface area (Å²) < 4.78 is 34.1. The fraction of sp³-hybridized carbons (Fsp3) is 0.850. The van der Waals surface area contributed by atoms with Gasteiger partial charge in [0.1, 0.15) is 19.8 Å². The van der Waals surface area contributed by atoms with Crippen molar-refractivity contribution < 1.29 is 42.1 Å². The largest absolute Gasteiger partial charge is 0.472 e. The molecule has 306 valence electrons. The van der Waals surface area contributed by atoms with Crippen LogP contribution in [0.4, 0.5) is 0 Å². The third-order valence-corrected chi connectivity index (χ3v) is 11.2. The number of hydrogen-bond donors (Lipinski definition) is 1. The van der Waals surface area contributed by atoms with Crippen LogP contribution in [0.25, 0.3) is 0 Å². The molecule has 0 aliphatic rings. The van der Waals surface area contributed by atoms with Crippen molar-refractivity contribution in [1.29, 1.82) is 0 Å². The summed E-state index contributed by atoms with van der Waals surface area (Å²) in [4.78, 5) is 35.2. The third kappa shape index (κ3) is 38.9. The quantitative estimate of drug-likeness (QED) is 0.0213. The molecule has 0 rings (SSSR count). The number of allylic oxidation sites excluding steroid dienone is 4. The van der Waals surface area contributed by atoms with Crippen LogP contribution in [0.15, 0.2) is 24.3 Å². The molecule has 0 aromatic carbocycles. The highest BCUT2D eigenvalue weighted by Gasteiger charge is 2.27. The lowest BCUT2D eigenvalue weighted by Gasteiger charge is -2.24. The fourth-order valence-corrected chi connectivity index (χ4v) is 7.34. The maximum atomic E-state index is 12.6. The van der Waals surface area contributed by atoms with Crippen LogP contribution in [0, 0.1) is 0 Å². The number of phosphoric acid groups is 1. The van der Waals surface area contributed by atoms with Gasteiger partial charge in [-0.2, -0.15) is 23.5 Å². The lowest BCUT2D eigenvalue weighted by molar-refractivity contribution is -0.870. The molecule has 0 aromatic rings. The number of likely N-dealkylation sites (N-methyl/N-ethyl adjacent to an activating group) is 1. The third-order valence-electron chi connectivity index (χ3n) is 8.21. The van der Waals surface area contributed by atoms with Gasteiger partial charge >= 0.3 is 19.8 Å². The van der Waals surface area contributed by atoms with Crippen LogP contribution in [-0.4, -0.2) is 97.9 Å². The minimum Gasteiger partial charge on any atom is -0.461 e. The predicted octanol–water partition coefficient (Wildman–Crippen LogP) is 10.7. The Kier molecular flexibility index (Phi) is 35.3. The molecule has 9 nitrogen and oxygen atoms in total. The van der Waals surface area contributed by atoms with Crippen LogP contribution in [0.5, 0.6) is 0 Å². The van der Waals surface area contributed by atoms with Crippen LogP contribution < -0.4 is 0 Å².